The number of methoxy groups -OCH3 is 1. The highest BCUT2D eigenvalue weighted by atomic mass is 32.1. The number of rotatable bonds is 7. The number of nitrogens with zero attached hydrogens (tertiary/aromatic N) is 1. The second-order valence-electron chi connectivity index (χ2n) is 4.78. The van der Waals surface area contributed by atoms with Gasteiger partial charge in [0.25, 0.3) is 0 Å². The molecule has 0 atom stereocenters. The van der Waals surface area contributed by atoms with Gasteiger partial charge in [0.15, 0.2) is 12.4 Å². The van der Waals surface area contributed by atoms with Crippen LogP contribution in [-0.2, 0) is 16.1 Å². The number of carbonyl (C=O) groups is 1. The monoisotopic (exact) mass is 345 g/mol. The minimum atomic E-state index is -0.480. The lowest BCUT2D eigenvalue weighted by molar-refractivity contribution is -0.147. The van der Waals surface area contributed by atoms with E-state index in [0.717, 1.165) is 10.6 Å². The molecule has 124 valence electrons. The predicted molar refractivity (Wildman–Crippen MR) is 88.1 cm³/mol. The van der Waals surface area contributed by atoms with E-state index in [1.54, 1.807) is 48.8 Å². The Kier molecular flexibility index (Phi) is 5.12. The molecule has 0 N–H and O–H groups in total. The lowest BCUT2D eigenvalue weighted by Gasteiger charge is -2.06. The van der Waals surface area contributed by atoms with E-state index in [2.05, 4.69) is 5.16 Å². The van der Waals surface area contributed by atoms with Gasteiger partial charge in [0.1, 0.15) is 23.8 Å². The van der Waals surface area contributed by atoms with Crippen molar-refractivity contribution in [3.63, 3.8) is 0 Å². The minimum Gasteiger partial charge on any atom is -0.497 e. The molecule has 0 amide bonds. The van der Waals surface area contributed by atoms with Gasteiger partial charge in [-0.3, -0.25) is 0 Å². The highest BCUT2D eigenvalue weighted by Gasteiger charge is 2.10. The molecule has 1 aromatic carbocycles. The summed E-state index contributed by atoms with van der Waals surface area (Å²) in [5.74, 6) is 1.46. The lowest BCUT2D eigenvalue weighted by Crippen LogP contribution is -2.14. The summed E-state index contributed by atoms with van der Waals surface area (Å²) in [6.07, 6.45) is 0. The van der Waals surface area contributed by atoms with E-state index in [0.29, 0.717) is 17.2 Å². The van der Waals surface area contributed by atoms with Crippen molar-refractivity contribution in [3.8, 4) is 22.1 Å². The van der Waals surface area contributed by atoms with Gasteiger partial charge in [-0.05, 0) is 35.7 Å². The first-order chi connectivity index (χ1) is 11.7. The van der Waals surface area contributed by atoms with Gasteiger partial charge >= 0.3 is 5.97 Å². The van der Waals surface area contributed by atoms with Crippen LogP contribution in [0.5, 0.6) is 11.5 Å². The van der Waals surface area contributed by atoms with Gasteiger partial charge in [-0.2, -0.15) is 0 Å². The van der Waals surface area contributed by atoms with Crippen molar-refractivity contribution < 1.29 is 23.5 Å². The second-order valence-corrected chi connectivity index (χ2v) is 5.73. The van der Waals surface area contributed by atoms with Crippen LogP contribution < -0.4 is 9.47 Å². The van der Waals surface area contributed by atoms with E-state index in [9.17, 15) is 4.79 Å². The molecule has 0 bridgehead atoms. The van der Waals surface area contributed by atoms with Crippen LogP contribution in [0.2, 0.25) is 0 Å². The van der Waals surface area contributed by atoms with Crippen LogP contribution >= 0.6 is 11.3 Å². The number of hydrogen-bond donors (Lipinski definition) is 0. The summed E-state index contributed by atoms with van der Waals surface area (Å²) in [6.45, 7) is -0.137. The van der Waals surface area contributed by atoms with Crippen molar-refractivity contribution >= 4 is 17.3 Å². The largest absolute Gasteiger partial charge is 0.497 e. The second kappa shape index (κ2) is 7.65. The third kappa shape index (κ3) is 4.14. The first kappa shape index (κ1) is 16.1. The Balaban J connectivity index is 1.45. The SMILES string of the molecule is COc1ccc(OCC(=O)OCc2cc(-c3cccs3)on2)cc1. The van der Waals surface area contributed by atoms with Crippen molar-refractivity contribution in [1.82, 2.24) is 5.16 Å². The number of hydrogen-bond acceptors (Lipinski definition) is 7. The Hall–Kier alpha value is -2.80. The molecule has 2 heterocycles. The molecule has 0 aliphatic rings. The van der Waals surface area contributed by atoms with Gasteiger partial charge < -0.3 is 18.7 Å². The van der Waals surface area contributed by atoms with Crippen LogP contribution in [0.3, 0.4) is 0 Å². The van der Waals surface area contributed by atoms with E-state index in [1.807, 2.05) is 17.5 Å². The summed E-state index contributed by atoms with van der Waals surface area (Å²) >= 11 is 1.55. The molecule has 0 unspecified atom stereocenters. The van der Waals surface area contributed by atoms with Gasteiger partial charge in [-0.25, -0.2) is 4.79 Å². The summed E-state index contributed by atoms with van der Waals surface area (Å²) in [5, 5.41) is 5.83. The van der Waals surface area contributed by atoms with Crippen molar-refractivity contribution in [1.29, 1.82) is 0 Å². The van der Waals surface area contributed by atoms with Crippen molar-refractivity contribution in [2.45, 2.75) is 6.61 Å². The molecule has 0 spiro atoms. The Morgan fingerprint density at radius 2 is 2.00 bits per heavy atom. The zero-order valence-electron chi connectivity index (χ0n) is 12.9. The van der Waals surface area contributed by atoms with Crippen molar-refractivity contribution in [3.05, 3.63) is 53.5 Å². The summed E-state index contributed by atoms with van der Waals surface area (Å²) in [6, 6.07) is 12.6. The Morgan fingerprint density at radius 1 is 1.21 bits per heavy atom. The van der Waals surface area contributed by atoms with Gasteiger partial charge in [-0.1, -0.05) is 11.2 Å². The zero-order valence-corrected chi connectivity index (χ0v) is 13.7. The van der Waals surface area contributed by atoms with Crippen LogP contribution in [-0.4, -0.2) is 24.8 Å². The molecular formula is C17H15NO5S. The highest BCUT2D eigenvalue weighted by molar-refractivity contribution is 7.13. The fraction of sp³-hybridized carbons (Fsp3) is 0.176. The maximum atomic E-state index is 11.7. The Morgan fingerprint density at radius 3 is 2.71 bits per heavy atom. The molecule has 0 aliphatic carbocycles. The maximum absolute atomic E-state index is 11.7. The highest BCUT2D eigenvalue weighted by Crippen LogP contribution is 2.25. The molecular weight excluding hydrogens is 330 g/mol. The quantitative estimate of drug-likeness (QED) is 0.610. The molecule has 3 rings (SSSR count). The standard InChI is InChI=1S/C17H15NO5S/c1-20-13-4-6-14(7-5-13)21-11-17(19)22-10-12-9-15(23-18-12)16-3-2-8-24-16/h2-9H,10-11H2,1H3. The molecule has 0 radical (unpaired) electrons. The van der Waals surface area contributed by atoms with Crippen LogP contribution in [0.1, 0.15) is 5.69 Å². The van der Waals surface area contributed by atoms with Crippen molar-refractivity contribution in [2.75, 3.05) is 13.7 Å². The number of esters is 1. The topological polar surface area (TPSA) is 70.8 Å². The molecule has 24 heavy (non-hydrogen) atoms. The molecule has 0 aliphatic heterocycles. The fourth-order valence-corrected chi connectivity index (χ4v) is 2.60. The van der Waals surface area contributed by atoms with Gasteiger partial charge in [-0.15, -0.1) is 11.3 Å². The van der Waals surface area contributed by atoms with Crippen LogP contribution in [0.25, 0.3) is 10.6 Å². The van der Waals surface area contributed by atoms with Gasteiger partial charge in [0.2, 0.25) is 0 Å². The number of thiophene rings is 1. The van der Waals surface area contributed by atoms with E-state index in [1.165, 1.54) is 0 Å². The lowest BCUT2D eigenvalue weighted by atomic mass is 10.3. The number of aromatic nitrogens is 1. The average Bonchev–Trinajstić information content (AvgIpc) is 3.29. The summed E-state index contributed by atoms with van der Waals surface area (Å²) in [5.41, 5.74) is 0.552. The number of carbonyl (C=O) groups excluding carboxylic acids is 1. The summed E-state index contributed by atoms with van der Waals surface area (Å²) in [4.78, 5) is 12.7. The first-order valence-electron chi connectivity index (χ1n) is 7.16. The van der Waals surface area contributed by atoms with Gasteiger partial charge in [0.05, 0.1) is 12.0 Å². The smallest absolute Gasteiger partial charge is 0.344 e. The molecule has 0 saturated heterocycles. The van der Waals surface area contributed by atoms with Crippen LogP contribution in [0.4, 0.5) is 0 Å². The summed E-state index contributed by atoms with van der Waals surface area (Å²) in [7, 11) is 1.58. The number of ether oxygens (including phenoxy) is 3. The molecule has 7 heteroatoms. The summed E-state index contributed by atoms with van der Waals surface area (Å²) < 4.78 is 20.7. The van der Waals surface area contributed by atoms with Crippen LogP contribution in [0, 0.1) is 0 Å². The van der Waals surface area contributed by atoms with E-state index >= 15 is 0 Å². The first-order valence-corrected chi connectivity index (χ1v) is 8.04. The number of benzene rings is 1. The molecule has 0 fully saturated rings. The normalized spacial score (nSPS) is 10.4. The third-order valence-electron chi connectivity index (χ3n) is 3.12. The van der Waals surface area contributed by atoms with Crippen LogP contribution in [0.15, 0.2) is 52.4 Å². The van der Waals surface area contributed by atoms with E-state index in [4.69, 9.17) is 18.7 Å². The van der Waals surface area contributed by atoms with Crippen molar-refractivity contribution in [2.24, 2.45) is 0 Å². The maximum Gasteiger partial charge on any atom is 0.344 e. The van der Waals surface area contributed by atoms with E-state index < -0.39 is 5.97 Å². The average molecular weight is 345 g/mol. The molecule has 6 nitrogen and oxygen atoms in total. The minimum absolute atomic E-state index is 0.0414. The van der Waals surface area contributed by atoms with Gasteiger partial charge in [0, 0.05) is 6.07 Å². The predicted octanol–water partition coefficient (Wildman–Crippen LogP) is 3.53. The Bertz CT molecular complexity index is 780. The molecule has 3 aromatic rings. The third-order valence-corrected chi connectivity index (χ3v) is 4.00. The zero-order chi connectivity index (χ0) is 16.8. The fourth-order valence-electron chi connectivity index (χ4n) is 1.93. The molecule has 0 saturated carbocycles. The van der Waals surface area contributed by atoms with E-state index in [-0.39, 0.29) is 13.2 Å². The molecule has 2 aromatic heterocycles. The Labute approximate surface area is 142 Å².